The van der Waals surface area contributed by atoms with Crippen molar-refractivity contribution in [1.82, 2.24) is 44.5 Å². The fraction of sp³-hybridized carbons (Fsp3) is 0.200. The second kappa shape index (κ2) is 6.84. The summed E-state index contributed by atoms with van der Waals surface area (Å²) in [6.45, 7) is 0.533. The number of nitrogens with zero attached hydrogens (tertiary/aromatic N) is 8. The first-order valence-corrected chi connectivity index (χ1v) is 10.6. The van der Waals surface area contributed by atoms with Gasteiger partial charge in [-0.05, 0) is 24.3 Å². The molecule has 1 N–H and O–H groups in total. The minimum atomic E-state index is -0.399. The van der Waals surface area contributed by atoms with Crippen LogP contribution in [-0.4, -0.2) is 56.9 Å². The van der Waals surface area contributed by atoms with E-state index in [1.807, 2.05) is 54.3 Å². The largest absolute Gasteiger partial charge is 0.348 e. The number of imidazole rings is 1. The van der Waals surface area contributed by atoms with Crippen LogP contribution in [0.3, 0.4) is 0 Å². The molecule has 11 heteroatoms. The number of carbonyl (C=O) groups excluding carboxylic acids is 1. The lowest BCUT2D eigenvalue weighted by molar-refractivity contribution is 0.0685. The van der Waals surface area contributed by atoms with Crippen LogP contribution in [0.1, 0.15) is 32.9 Å². The Morgan fingerprint density at radius 3 is 2.97 bits per heavy atom. The summed E-state index contributed by atoms with van der Waals surface area (Å²) in [5.41, 5.74) is 4.27. The van der Waals surface area contributed by atoms with Crippen LogP contribution < -0.4 is 0 Å². The molecule has 0 saturated carbocycles. The maximum absolute atomic E-state index is 13.5. The highest BCUT2D eigenvalue weighted by molar-refractivity contribution is 7.16. The predicted molar refractivity (Wildman–Crippen MR) is 112 cm³/mol. The summed E-state index contributed by atoms with van der Waals surface area (Å²) in [7, 11) is 1.84. The van der Waals surface area contributed by atoms with Gasteiger partial charge in [-0.2, -0.15) is 10.2 Å². The van der Waals surface area contributed by atoms with E-state index in [-0.39, 0.29) is 5.91 Å². The molecule has 0 spiro atoms. The smallest absolute Gasteiger partial charge is 0.285 e. The van der Waals surface area contributed by atoms with Gasteiger partial charge in [-0.1, -0.05) is 17.4 Å². The van der Waals surface area contributed by atoms with Gasteiger partial charge in [-0.25, -0.2) is 9.50 Å². The molecular weight excluding hydrogens is 414 g/mol. The van der Waals surface area contributed by atoms with Crippen molar-refractivity contribution in [2.45, 2.75) is 12.5 Å². The van der Waals surface area contributed by atoms with Gasteiger partial charge in [-0.3, -0.25) is 9.48 Å². The normalized spacial score (nSPS) is 16.0. The Morgan fingerprint density at radius 2 is 2.13 bits per heavy atom. The first kappa shape index (κ1) is 18.0. The number of rotatable bonds is 3. The minimum absolute atomic E-state index is 0.185. The van der Waals surface area contributed by atoms with Crippen molar-refractivity contribution in [1.29, 1.82) is 0 Å². The van der Waals surface area contributed by atoms with Crippen LogP contribution in [0.5, 0.6) is 0 Å². The third kappa shape index (κ3) is 2.93. The average molecular weight is 431 g/mol. The van der Waals surface area contributed by atoms with Gasteiger partial charge in [0.15, 0.2) is 5.01 Å². The van der Waals surface area contributed by atoms with Crippen molar-refractivity contribution in [2.24, 2.45) is 7.05 Å². The fourth-order valence-corrected chi connectivity index (χ4v) is 4.72. The summed E-state index contributed by atoms with van der Waals surface area (Å²) in [6.07, 6.45) is 6.09. The fourth-order valence-electron chi connectivity index (χ4n) is 3.95. The highest BCUT2D eigenvalue weighted by Crippen LogP contribution is 2.35. The van der Waals surface area contributed by atoms with Gasteiger partial charge in [0.1, 0.15) is 11.7 Å². The quantitative estimate of drug-likeness (QED) is 0.468. The molecule has 0 radical (unpaired) electrons. The zero-order valence-electron chi connectivity index (χ0n) is 16.5. The van der Waals surface area contributed by atoms with Gasteiger partial charge in [-0.15, -0.1) is 10.2 Å². The van der Waals surface area contributed by atoms with E-state index in [4.69, 9.17) is 5.10 Å². The Bertz CT molecular complexity index is 1380. The van der Waals surface area contributed by atoms with Crippen LogP contribution in [0.2, 0.25) is 0 Å². The van der Waals surface area contributed by atoms with Gasteiger partial charge < -0.3 is 9.88 Å². The van der Waals surface area contributed by atoms with Crippen LogP contribution in [0.15, 0.2) is 49.1 Å². The van der Waals surface area contributed by atoms with Crippen LogP contribution in [0, 0.1) is 0 Å². The van der Waals surface area contributed by atoms with E-state index in [1.165, 1.54) is 11.3 Å². The highest BCUT2D eigenvalue weighted by Gasteiger charge is 2.37. The molecule has 0 bridgehead atoms. The van der Waals surface area contributed by atoms with Gasteiger partial charge in [0.25, 0.3) is 5.91 Å². The number of amides is 1. The van der Waals surface area contributed by atoms with Crippen LogP contribution in [0.25, 0.3) is 16.2 Å². The molecule has 6 heterocycles. The van der Waals surface area contributed by atoms with Crippen LogP contribution >= 0.6 is 11.3 Å². The molecular formula is C20H17N9OS. The first-order chi connectivity index (χ1) is 15.2. The summed E-state index contributed by atoms with van der Waals surface area (Å²) >= 11 is 1.24. The molecule has 10 nitrogen and oxygen atoms in total. The molecule has 5 aromatic rings. The van der Waals surface area contributed by atoms with Crippen molar-refractivity contribution in [2.75, 3.05) is 6.54 Å². The average Bonchev–Trinajstić information content (AvgIpc) is 3.57. The molecule has 0 saturated heterocycles. The van der Waals surface area contributed by atoms with E-state index >= 15 is 0 Å². The number of pyridine rings is 1. The number of aromatic amines is 1. The molecule has 1 aliphatic rings. The SMILES string of the molecule is Cn1ccc(-c2nnc(C(=O)N3CCc4[nH]cnc4[C@H]3c3cc4ccccn4n3)s2)n1. The number of carbonyl (C=O) groups is 1. The molecule has 154 valence electrons. The minimum Gasteiger partial charge on any atom is -0.348 e. The summed E-state index contributed by atoms with van der Waals surface area (Å²) < 4.78 is 3.50. The van der Waals surface area contributed by atoms with Crippen molar-refractivity contribution < 1.29 is 4.79 Å². The number of hydrogen-bond donors (Lipinski definition) is 1. The van der Waals surface area contributed by atoms with Crippen molar-refractivity contribution in [3.05, 3.63) is 71.1 Å². The van der Waals surface area contributed by atoms with Gasteiger partial charge in [0.05, 0.1) is 23.2 Å². The molecule has 31 heavy (non-hydrogen) atoms. The van der Waals surface area contributed by atoms with E-state index in [0.717, 1.165) is 22.6 Å². The number of nitrogens with one attached hydrogen (secondary N) is 1. The zero-order valence-corrected chi connectivity index (χ0v) is 17.3. The van der Waals surface area contributed by atoms with Crippen molar-refractivity contribution in [3.8, 4) is 10.7 Å². The third-order valence-corrected chi connectivity index (χ3v) is 6.33. The molecule has 1 amide bonds. The number of hydrogen-bond acceptors (Lipinski definition) is 7. The van der Waals surface area contributed by atoms with Crippen LogP contribution in [0.4, 0.5) is 0 Å². The lowest BCUT2D eigenvalue weighted by atomic mass is 9.99. The molecule has 0 aliphatic carbocycles. The van der Waals surface area contributed by atoms with E-state index in [2.05, 4.69) is 25.3 Å². The first-order valence-electron chi connectivity index (χ1n) is 9.78. The van der Waals surface area contributed by atoms with Gasteiger partial charge >= 0.3 is 0 Å². The Labute approximate surface area is 180 Å². The van der Waals surface area contributed by atoms with Crippen molar-refractivity contribution in [3.63, 3.8) is 0 Å². The Morgan fingerprint density at radius 1 is 1.19 bits per heavy atom. The number of aromatic nitrogens is 8. The standard InChI is InChI=1S/C20H17N9OS/c1-27-8-5-14(25-27)18-23-24-19(31-18)20(30)28-9-6-13-16(22-11-21-13)17(28)15-10-12-4-2-3-7-29(12)26-15/h2-5,7-8,10-11,17H,6,9H2,1H3,(H,21,22)/t17-/m1/s1. The molecule has 0 unspecified atom stereocenters. The zero-order chi connectivity index (χ0) is 20.9. The van der Waals surface area contributed by atoms with Gasteiger partial charge in [0, 0.05) is 38.1 Å². The molecule has 1 aliphatic heterocycles. The van der Waals surface area contributed by atoms with Crippen LogP contribution in [-0.2, 0) is 13.5 Å². The molecule has 5 aromatic heterocycles. The Balaban J connectivity index is 1.40. The van der Waals surface area contributed by atoms with E-state index in [0.29, 0.717) is 28.7 Å². The van der Waals surface area contributed by atoms with E-state index in [9.17, 15) is 4.79 Å². The second-order valence-electron chi connectivity index (χ2n) is 7.34. The summed E-state index contributed by atoms with van der Waals surface area (Å²) in [4.78, 5) is 23.0. The van der Waals surface area contributed by atoms with E-state index < -0.39 is 6.04 Å². The molecule has 1 atom stereocenters. The molecule has 0 fully saturated rings. The topological polar surface area (TPSA) is 110 Å². The summed E-state index contributed by atoms with van der Waals surface area (Å²) in [6, 6.07) is 9.32. The second-order valence-corrected chi connectivity index (χ2v) is 8.32. The van der Waals surface area contributed by atoms with E-state index in [1.54, 1.807) is 15.9 Å². The lowest BCUT2D eigenvalue weighted by Gasteiger charge is -2.33. The summed E-state index contributed by atoms with van der Waals surface area (Å²) in [5.74, 6) is -0.185. The Hall–Kier alpha value is -3.86. The number of aryl methyl sites for hydroxylation is 1. The summed E-state index contributed by atoms with van der Waals surface area (Å²) in [5, 5.41) is 18.4. The van der Waals surface area contributed by atoms with Crippen molar-refractivity contribution >= 4 is 22.8 Å². The highest BCUT2D eigenvalue weighted by atomic mass is 32.1. The number of fused-ring (bicyclic) bond motifs is 2. The Kier molecular flexibility index (Phi) is 3.96. The third-order valence-electron chi connectivity index (χ3n) is 5.40. The monoisotopic (exact) mass is 431 g/mol. The lowest BCUT2D eigenvalue weighted by Crippen LogP contribution is -2.41. The number of H-pyrrole nitrogens is 1. The molecule has 0 aromatic carbocycles. The van der Waals surface area contributed by atoms with Gasteiger partial charge in [0.2, 0.25) is 5.01 Å². The maximum Gasteiger partial charge on any atom is 0.285 e. The molecule has 6 rings (SSSR count). The maximum atomic E-state index is 13.5. The predicted octanol–water partition coefficient (Wildman–Crippen LogP) is 2.10.